The summed E-state index contributed by atoms with van der Waals surface area (Å²) in [6, 6.07) is 17.0. The number of rotatable bonds is 4. The van der Waals surface area contributed by atoms with Crippen molar-refractivity contribution in [3.8, 4) is 10.6 Å². The average molecular weight is 344 g/mol. The monoisotopic (exact) mass is 343 g/mol. The van der Waals surface area contributed by atoms with Crippen molar-refractivity contribution in [2.24, 2.45) is 0 Å². The van der Waals surface area contributed by atoms with Gasteiger partial charge in [-0.15, -0.1) is 10.2 Å². The summed E-state index contributed by atoms with van der Waals surface area (Å²) < 4.78 is 0. The number of nitrogens with zero attached hydrogens (tertiary/aromatic N) is 2. The number of halogens is 1. The van der Waals surface area contributed by atoms with Gasteiger partial charge in [0, 0.05) is 5.56 Å². The van der Waals surface area contributed by atoms with E-state index < -0.39 is 0 Å². The predicted octanol–water partition coefficient (Wildman–Crippen LogP) is 4.35. The van der Waals surface area contributed by atoms with Crippen LogP contribution < -0.4 is 5.32 Å². The van der Waals surface area contributed by atoms with E-state index in [2.05, 4.69) is 15.5 Å². The molecule has 1 atom stereocenters. The number of nitrogens with one attached hydrogen (secondary N) is 1. The molecule has 2 aromatic carbocycles. The molecular formula is C17H14ClN3OS. The minimum Gasteiger partial charge on any atom is -0.343 e. The molecular weight excluding hydrogens is 330 g/mol. The first-order valence-electron chi connectivity index (χ1n) is 7.09. The lowest BCUT2D eigenvalue weighted by atomic mass is 10.1. The first-order valence-corrected chi connectivity index (χ1v) is 8.29. The minimum atomic E-state index is -0.239. The fourth-order valence-electron chi connectivity index (χ4n) is 2.14. The molecule has 0 aliphatic carbocycles. The Hall–Kier alpha value is -2.24. The van der Waals surface area contributed by atoms with Crippen molar-refractivity contribution in [2.45, 2.75) is 13.0 Å². The maximum absolute atomic E-state index is 12.3. The van der Waals surface area contributed by atoms with E-state index >= 15 is 0 Å². The zero-order chi connectivity index (χ0) is 16.2. The Kier molecular flexibility index (Phi) is 4.69. The molecule has 1 N–H and O–H groups in total. The first kappa shape index (κ1) is 15.6. The van der Waals surface area contributed by atoms with E-state index in [0.29, 0.717) is 15.0 Å². The highest BCUT2D eigenvalue weighted by molar-refractivity contribution is 7.16. The van der Waals surface area contributed by atoms with Gasteiger partial charge in [-0.05, 0) is 18.6 Å². The van der Waals surface area contributed by atoms with Crippen LogP contribution in [0.5, 0.6) is 0 Å². The van der Waals surface area contributed by atoms with Crippen molar-refractivity contribution < 1.29 is 4.79 Å². The second-order valence-corrected chi connectivity index (χ2v) is 6.38. The Morgan fingerprint density at radius 2 is 1.78 bits per heavy atom. The van der Waals surface area contributed by atoms with Gasteiger partial charge >= 0.3 is 0 Å². The van der Waals surface area contributed by atoms with Gasteiger partial charge in [-0.1, -0.05) is 71.5 Å². The van der Waals surface area contributed by atoms with Crippen LogP contribution in [0.1, 0.15) is 28.3 Å². The Morgan fingerprint density at radius 1 is 1.09 bits per heavy atom. The molecule has 1 amide bonds. The van der Waals surface area contributed by atoms with Crippen molar-refractivity contribution in [2.75, 3.05) is 0 Å². The number of benzene rings is 2. The normalized spacial score (nSPS) is 11.9. The summed E-state index contributed by atoms with van der Waals surface area (Å²) in [5.74, 6) is -0.239. The first-order chi connectivity index (χ1) is 11.1. The molecule has 3 rings (SSSR count). The van der Waals surface area contributed by atoms with E-state index in [9.17, 15) is 4.79 Å². The Labute approximate surface area is 143 Å². The minimum absolute atomic E-state index is 0.101. The van der Waals surface area contributed by atoms with Crippen LogP contribution in [0, 0.1) is 0 Å². The molecule has 3 aromatic rings. The zero-order valence-electron chi connectivity index (χ0n) is 12.4. The molecule has 0 unspecified atom stereocenters. The van der Waals surface area contributed by atoms with E-state index in [4.69, 9.17) is 11.6 Å². The maximum Gasteiger partial charge on any atom is 0.282 e. The third-order valence-corrected chi connectivity index (χ3v) is 4.66. The fourth-order valence-corrected chi connectivity index (χ4v) is 3.21. The van der Waals surface area contributed by atoms with Crippen molar-refractivity contribution >= 4 is 28.8 Å². The largest absolute Gasteiger partial charge is 0.343 e. The molecule has 4 nitrogen and oxygen atoms in total. The second-order valence-electron chi connectivity index (χ2n) is 5.00. The van der Waals surface area contributed by atoms with E-state index in [-0.39, 0.29) is 11.9 Å². The second kappa shape index (κ2) is 6.89. The number of hydrogen-bond donors (Lipinski definition) is 1. The van der Waals surface area contributed by atoms with Gasteiger partial charge in [-0.3, -0.25) is 4.79 Å². The van der Waals surface area contributed by atoms with Crippen LogP contribution in [0.15, 0.2) is 54.6 Å². The van der Waals surface area contributed by atoms with Gasteiger partial charge in [-0.25, -0.2) is 0 Å². The lowest BCUT2D eigenvalue weighted by Crippen LogP contribution is -2.26. The number of carbonyl (C=O) groups excluding carboxylic acids is 1. The molecule has 0 aliphatic rings. The van der Waals surface area contributed by atoms with Gasteiger partial charge in [0.15, 0.2) is 0 Å². The van der Waals surface area contributed by atoms with Crippen LogP contribution in [0.2, 0.25) is 5.02 Å². The van der Waals surface area contributed by atoms with E-state index in [0.717, 1.165) is 11.1 Å². The Balaban J connectivity index is 1.75. The average Bonchev–Trinajstić information content (AvgIpc) is 3.06. The van der Waals surface area contributed by atoms with Crippen molar-refractivity contribution in [1.29, 1.82) is 0 Å². The molecule has 6 heteroatoms. The zero-order valence-corrected chi connectivity index (χ0v) is 13.9. The van der Waals surface area contributed by atoms with E-state index in [1.165, 1.54) is 11.3 Å². The van der Waals surface area contributed by atoms with E-state index in [1.54, 1.807) is 6.07 Å². The van der Waals surface area contributed by atoms with Crippen LogP contribution in [-0.2, 0) is 0 Å². The molecule has 0 spiro atoms. The summed E-state index contributed by atoms with van der Waals surface area (Å²) >= 11 is 7.38. The molecule has 116 valence electrons. The molecule has 0 aliphatic heterocycles. The van der Waals surface area contributed by atoms with Crippen LogP contribution in [-0.4, -0.2) is 16.1 Å². The lowest BCUT2D eigenvalue weighted by Gasteiger charge is -2.12. The lowest BCUT2D eigenvalue weighted by molar-refractivity contribution is 0.0939. The van der Waals surface area contributed by atoms with Crippen LogP contribution in [0.25, 0.3) is 10.6 Å². The van der Waals surface area contributed by atoms with Crippen LogP contribution in [0.3, 0.4) is 0 Å². The van der Waals surface area contributed by atoms with Gasteiger partial charge in [0.1, 0.15) is 5.01 Å². The van der Waals surface area contributed by atoms with Gasteiger partial charge in [0.05, 0.1) is 11.1 Å². The molecule has 0 fully saturated rings. The fraction of sp³-hybridized carbons (Fsp3) is 0.118. The number of carbonyl (C=O) groups is 1. The van der Waals surface area contributed by atoms with Crippen LogP contribution in [0.4, 0.5) is 0 Å². The molecule has 0 bridgehead atoms. The summed E-state index contributed by atoms with van der Waals surface area (Å²) in [5.41, 5.74) is 1.82. The molecule has 1 heterocycles. The van der Waals surface area contributed by atoms with Gasteiger partial charge in [0.2, 0.25) is 5.01 Å². The van der Waals surface area contributed by atoms with Crippen LogP contribution >= 0.6 is 22.9 Å². The standard InChI is InChI=1S/C17H14ClN3OS/c1-11(12-7-3-2-4-8-12)19-15(22)17-21-20-16(23-17)13-9-5-6-10-14(13)18/h2-11H,1H3,(H,19,22)/t11-/m0/s1. The molecule has 0 saturated heterocycles. The SMILES string of the molecule is C[C@H](NC(=O)c1nnc(-c2ccccc2Cl)s1)c1ccccc1. The van der Waals surface area contributed by atoms with Gasteiger partial charge in [-0.2, -0.15) is 0 Å². The highest BCUT2D eigenvalue weighted by atomic mass is 35.5. The summed E-state index contributed by atoms with van der Waals surface area (Å²) in [6.07, 6.45) is 0. The molecule has 0 saturated carbocycles. The topological polar surface area (TPSA) is 54.9 Å². The maximum atomic E-state index is 12.3. The summed E-state index contributed by atoms with van der Waals surface area (Å²) in [5, 5.41) is 12.5. The summed E-state index contributed by atoms with van der Waals surface area (Å²) in [4.78, 5) is 12.3. The summed E-state index contributed by atoms with van der Waals surface area (Å²) in [7, 11) is 0. The Morgan fingerprint density at radius 3 is 2.52 bits per heavy atom. The van der Waals surface area contributed by atoms with Crippen molar-refractivity contribution in [3.05, 3.63) is 70.2 Å². The van der Waals surface area contributed by atoms with Crippen molar-refractivity contribution in [1.82, 2.24) is 15.5 Å². The third-order valence-electron chi connectivity index (χ3n) is 3.37. The molecule has 1 aromatic heterocycles. The quantitative estimate of drug-likeness (QED) is 0.766. The third kappa shape index (κ3) is 3.57. The highest BCUT2D eigenvalue weighted by Gasteiger charge is 2.17. The summed E-state index contributed by atoms with van der Waals surface area (Å²) in [6.45, 7) is 1.93. The number of hydrogen-bond acceptors (Lipinski definition) is 4. The van der Waals surface area contributed by atoms with Gasteiger partial charge < -0.3 is 5.32 Å². The predicted molar refractivity (Wildman–Crippen MR) is 92.7 cm³/mol. The van der Waals surface area contributed by atoms with E-state index in [1.807, 2.05) is 55.5 Å². The number of aromatic nitrogens is 2. The van der Waals surface area contributed by atoms with Gasteiger partial charge in [0.25, 0.3) is 5.91 Å². The number of amides is 1. The molecule has 23 heavy (non-hydrogen) atoms. The van der Waals surface area contributed by atoms with Crippen molar-refractivity contribution in [3.63, 3.8) is 0 Å². The molecule has 0 radical (unpaired) electrons. The smallest absolute Gasteiger partial charge is 0.282 e. The highest BCUT2D eigenvalue weighted by Crippen LogP contribution is 2.30. The Bertz CT molecular complexity index is 819.